The smallest absolute Gasteiger partial charge is 0.178 e. The lowest BCUT2D eigenvalue weighted by atomic mass is 10.1. The topological polar surface area (TPSA) is 54.4 Å². The molecule has 0 aliphatic rings. The summed E-state index contributed by atoms with van der Waals surface area (Å²) in [5.41, 5.74) is 2.08. The first-order valence-corrected chi connectivity index (χ1v) is 7.46. The zero-order valence-corrected chi connectivity index (χ0v) is 11.4. The quantitative estimate of drug-likeness (QED) is 0.879. The average Bonchev–Trinajstić information content (AvgIpc) is 2.21. The van der Waals surface area contributed by atoms with Crippen molar-refractivity contribution in [3.8, 4) is 0 Å². The summed E-state index contributed by atoms with van der Waals surface area (Å²) in [6, 6.07) is 5.20. The Balaban J connectivity index is 2.79. The zero-order chi connectivity index (χ0) is 13.1. The third-order valence-electron chi connectivity index (χ3n) is 2.87. The van der Waals surface area contributed by atoms with E-state index in [9.17, 15) is 8.42 Å². The van der Waals surface area contributed by atoms with Crippen LogP contribution < -0.4 is 0 Å². The fraction of sp³-hybridized carbons (Fsp3) is 0.538. The van der Waals surface area contributed by atoms with Crippen molar-refractivity contribution in [3.63, 3.8) is 0 Å². The minimum absolute atomic E-state index is 0.0976. The van der Waals surface area contributed by atoms with Crippen LogP contribution in [-0.4, -0.2) is 25.4 Å². The summed E-state index contributed by atoms with van der Waals surface area (Å²) >= 11 is 0. The molecule has 1 unspecified atom stereocenters. The molecule has 0 amide bonds. The van der Waals surface area contributed by atoms with Crippen LogP contribution in [0.1, 0.15) is 30.9 Å². The van der Waals surface area contributed by atoms with E-state index in [1.165, 1.54) is 0 Å². The van der Waals surface area contributed by atoms with Gasteiger partial charge >= 0.3 is 0 Å². The van der Waals surface area contributed by atoms with E-state index in [-0.39, 0.29) is 5.75 Å². The van der Waals surface area contributed by atoms with Crippen molar-refractivity contribution in [2.24, 2.45) is 0 Å². The predicted octanol–water partition coefficient (Wildman–Crippen LogP) is 2.24. The van der Waals surface area contributed by atoms with E-state index in [0.29, 0.717) is 17.7 Å². The second-order valence-corrected chi connectivity index (χ2v) is 6.67. The summed E-state index contributed by atoms with van der Waals surface area (Å²) in [5, 5.41) is 9.11. The van der Waals surface area contributed by atoms with Gasteiger partial charge in [-0.25, -0.2) is 8.42 Å². The maximum atomic E-state index is 12.0. The van der Waals surface area contributed by atoms with Crippen molar-refractivity contribution in [3.05, 3.63) is 29.3 Å². The van der Waals surface area contributed by atoms with Crippen LogP contribution in [0.4, 0.5) is 0 Å². The third kappa shape index (κ3) is 4.13. The highest BCUT2D eigenvalue weighted by atomic mass is 32.2. The van der Waals surface area contributed by atoms with Crippen molar-refractivity contribution in [2.75, 3.05) is 5.75 Å². The molecule has 0 radical (unpaired) electrons. The maximum absolute atomic E-state index is 12.0. The highest BCUT2D eigenvalue weighted by Crippen LogP contribution is 2.17. The molecule has 3 nitrogen and oxygen atoms in total. The van der Waals surface area contributed by atoms with Crippen LogP contribution in [0.2, 0.25) is 0 Å². The maximum Gasteiger partial charge on any atom is 0.178 e. The van der Waals surface area contributed by atoms with Gasteiger partial charge < -0.3 is 5.11 Å². The predicted molar refractivity (Wildman–Crippen MR) is 68.9 cm³/mol. The van der Waals surface area contributed by atoms with E-state index < -0.39 is 15.9 Å². The molecule has 0 fully saturated rings. The highest BCUT2D eigenvalue weighted by Gasteiger charge is 2.14. The molecule has 1 rings (SSSR count). The van der Waals surface area contributed by atoms with Gasteiger partial charge in [0.25, 0.3) is 0 Å². The molecule has 0 bridgehead atoms. The largest absolute Gasteiger partial charge is 0.393 e. The first kappa shape index (κ1) is 14.2. The Morgan fingerprint density at radius 1 is 1.24 bits per heavy atom. The van der Waals surface area contributed by atoms with Crippen molar-refractivity contribution in [2.45, 2.75) is 44.6 Å². The second kappa shape index (κ2) is 5.65. The standard InChI is InChI=1S/C13H20O3S/c1-10-6-7-13(9-11(10)2)17(15,16)8-4-5-12(3)14/h6-7,9,12,14H,4-5,8H2,1-3H3. The van der Waals surface area contributed by atoms with Gasteiger partial charge in [0.1, 0.15) is 0 Å². The zero-order valence-electron chi connectivity index (χ0n) is 10.6. The van der Waals surface area contributed by atoms with Crippen LogP contribution in [-0.2, 0) is 9.84 Å². The Bertz CT molecular complexity index is 475. The lowest BCUT2D eigenvalue weighted by molar-refractivity contribution is 0.184. The Labute approximate surface area is 103 Å². The molecule has 0 heterocycles. The molecule has 1 atom stereocenters. The van der Waals surface area contributed by atoms with Crippen molar-refractivity contribution in [1.29, 1.82) is 0 Å². The van der Waals surface area contributed by atoms with Gasteiger partial charge in [-0.3, -0.25) is 0 Å². The second-order valence-electron chi connectivity index (χ2n) is 4.56. The number of rotatable bonds is 5. The first-order chi connectivity index (χ1) is 7.83. The molecule has 17 heavy (non-hydrogen) atoms. The Morgan fingerprint density at radius 2 is 1.88 bits per heavy atom. The van der Waals surface area contributed by atoms with E-state index in [1.54, 1.807) is 19.1 Å². The summed E-state index contributed by atoms with van der Waals surface area (Å²) in [4.78, 5) is 0.381. The number of sulfone groups is 1. The van der Waals surface area contributed by atoms with E-state index in [2.05, 4.69) is 0 Å². The molecule has 0 aliphatic heterocycles. The summed E-state index contributed by atoms with van der Waals surface area (Å²) in [7, 11) is -3.21. The van der Waals surface area contributed by atoms with Crippen molar-refractivity contribution < 1.29 is 13.5 Å². The van der Waals surface area contributed by atoms with Gasteiger partial charge in [-0.05, 0) is 56.9 Å². The van der Waals surface area contributed by atoms with Crippen LogP contribution >= 0.6 is 0 Å². The van der Waals surface area contributed by atoms with E-state index in [0.717, 1.165) is 11.1 Å². The van der Waals surface area contributed by atoms with Gasteiger partial charge in [-0.15, -0.1) is 0 Å². The molecule has 96 valence electrons. The fourth-order valence-corrected chi connectivity index (χ4v) is 3.01. The Hall–Kier alpha value is -0.870. The number of aliphatic hydroxyl groups is 1. The van der Waals surface area contributed by atoms with Gasteiger partial charge in [-0.2, -0.15) is 0 Å². The molecular weight excluding hydrogens is 236 g/mol. The summed E-state index contributed by atoms with van der Waals surface area (Å²) < 4.78 is 24.0. The van der Waals surface area contributed by atoms with E-state index in [1.807, 2.05) is 19.9 Å². The monoisotopic (exact) mass is 256 g/mol. The van der Waals surface area contributed by atoms with Crippen LogP contribution in [0.25, 0.3) is 0 Å². The molecule has 1 aromatic rings. The molecule has 1 aromatic carbocycles. The van der Waals surface area contributed by atoms with Crippen molar-refractivity contribution >= 4 is 9.84 Å². The summed E-state index contributed by atoms with van der Waals surface area (Å²) in [6.07, 6.45) is 0.571. The molecule has 4 heteroatoms. The van der Waals surface area contributed by atoms with Crippen LogP contribution in [0, 0.1) is 13.8 Å². The number of aryl methyl sites for hydroxylation is 2. The summed E-state index contributed by atoms with van der Waals surface area (Å²) in [6.45, 7) is 5.53. The lowest BCUT2D eigenvalue weighted by Gasteiger charge is -2.08. The summed E-state index contributed by atoms with van der Waals surface area (Å²) in [5.74, 6) is 0.0976. The van der Waals surface area contributed by atoms with Gasteiger partial charge in [0.2, 0.25) is 0 Å². The van der Waals surface area contributed by atoms with Gasteiger partial charge in [0.05, 0.1) is 16.8 Å². The highest BCUT2D eigenvalue weighted by molar-refractivity contribution is 7.91. The molecule has 0 saturated carbocycles. The normalized spacial score (nSPS) is 13.6. The fourth-order valence-electron chi connectivity index (χ4n) is 1.59. The minimum Gasteiger partial charge on any atom is -0.393 e. The van der Waals surface area contributed by atoms with Gasteiger partial charge in [-0.1, -0.05) is 6.07 Å². The van der Waals surface area contributed by atoms with Gasteiger partial charge in [0.15, 0.2) is 9.84 Å². The molecule has 0 aliphatic carbocycles. The number of hydrogen-bond donors (Lipinski definition) is 1. The molecule has 0 saturated heterocycles. The van der Waals surface area contributed by atoms with Crippen molar-refractivity contribution in [1.82, 2.24) is 0 Å². The average molecular weight is 256 g/mol. The molecule has 0 aromatic heterocycles. The lowest BCUT2D eigenvalue weighted by Crippen LogP contribution is -2.10. The van der Waals surface area contributed by atoms with E-state index >= 15 is 0 Å². The number of hydrogen-bond acceptors (Lipinski definition) is 3. The third-order valence-corrected chi connectivity index (χ3v) is 4.67. The first-order valence-electron chi connectivity index (χ1n) is 5.81. The van der Waals surface area contributed by atoms with Crippen LogP contribution in [0.3, 0.4) is 0 Å². The number of aliphatic hydroxyl groups excluding tert-OH is 1. The molecule has 1 N–H and O–H groups in total. The van der Waals surface area contributed by atoms with Crippen LogP contribution in [0.15, 0.2) is 23.1 Å². The van der Waals surface area contributed by atoms with E-state index in [4.69, 9.17) is 5.11 Å². The van der Waals surface area contributed by atoms with Crippen LogP contribution in [0.5, 0.6) is 0 Å². The molecular formula is C13H20O3S. The van der Waals surface area contributed by atoms with Gasteiger partial charge in [0, 0.05) is 0 Å². The molecule has 0 spiro atoms. The Kier molecular flexibility index (Phi) is 4.71. The minimum atomic E-state index is -3.21. The Morgan fingerprint density at radius 3 is 2.41 bits per heavy atom. The number of benzene rings is 1. The SMILES string of the molecule is Cc1ccc(S(=O)(=O)CCCC(C)O)cc1C.